The minimum Gasteiger partial charge on any atom is -0.492 e. The van der Waals surface area contributed by atoms with E-state index in [-0.39, 0.29) is 30.3 Å². The molecule has 0 bridgehead atoms. The molecule has 0 aliphatic carbocycles. The number of nitrogens with zero attached hydrogens (tertiary/aromatic N) is 1. The van der Waals surface area contributed by atoms with Gasteiger partial charge in [0.15, 0.2) is 5.69 Å². The summed E-state index contributed by atoms with van der Waals surface area (Å²) in [5, 5.41) is 15.3. The second-order valence-electron chi connectivity index (χ2n) is 5.17. The van der Waals surface area contributed by atoms with Crippen molar-refractivity contribution in [2.75, 3.05) is 19.8 Å². The molecular formula is C16H16N2O6. The molecule has 1 aliphatic rings. The lowest BCUT2D eigenvalue weighted by Crippen LogP contribution is -2.29. The Bertz CT molecular complexity index is 738. The largest absolute Gasteiger partial charge is 0.492 e. The Hall–Kier alpha value is -2.87. The fraction of sp³-hybridized carbons (Fsp3) is 0.312. The van der Waals surface area contributed by atoms with E-state index in [4.69, 9.17) is 19.1 Å². The number of ether oxygens (including phenoxy) is 2. The molecule has 8 heteroatoms. The molecule has 8 nitrogen and oxygen atoms in total. The molecule has 1 amide bonds. The first-order chi connectivity index (χ1) is 11.6. The highest BCUT2D eigenvalue weighted by atomic mass is 16.5. The second-order valence-corrected chi connectivity index (χ2v) is 5.17. The summed E-state index contributed by atoms with van der Waals surface area (Å²) in [6.45, 7) is 1.42. The highest BCUT2D eigenvalue weighted by Crippen LogP contribution is 2.20. The van der Waals surface area contributed by atoms with Crippen LogP contribution in [0, 0.1) is 0 Å². The number of nitrogens with one attached hydrogen (secondary N) is 1. The number of fused-ring (bicyclic) bond motifs is 1. The molecule has 3 rings (SSSR count). The molecule has 1 aromatic heterocycles. The quantitative estimate of drug-likeness (QED) is 0.766. The van der Waals surface area contributed by atoms with E-state index in [0.717, 1.165) is 0 Å². The molecule has 24 heavy (non-hydrogen) atoms. The lowest BCUT2D eigenvalue weighted by Gasteiger charge is -2.11. The van der Waals surface area contributed by atoms with Crippen molar-refractivity contribution < 1.29 is 28.7 Å². The zero-order chi connectivity index (χ0) is 16.9. The number of hydrogen-bond donors (Lipinski definition) is 2. The maximum absolute atomic E-state index is 12.1. The van der Waals surface area contributed by atoms with Gasteiger partial charge in [0.2, 0.25) is 0 Å². The predicted octanol–water partition coefficient (Wildman–Crippen LogP) is 1.25. The van der Waals surface area contributed by atoms with Crippen LogP contribution in [-0.2, 0) is 17.8 Å². The maximum Gasteiger partial charge on any atom is 0.335 e. The van der Waals surface area contributed by atoms with Crippen LogP contribution >= 0.6 is 0 Å². The Kier molecular flexibility index (Phi) is 4.76. The Balaban J connectivity index is 1.47. The van der Waals surface area contributed by atoms with Gasteiger partial charge in [-0.05, 0) is 24.3 Å². The maximum atomic E-state index is 12.1. The summed E-state index contributed by atoms with van der Waals surface area (Å²) in [6.07, 6.45) is 0.616. The van der Waals surface area contributed by atoms with Gasteiger partial charge in [0, 0.05) is 6.42 Å². The monoisotopic (exact) mass is 332 g/mol. The van der Waals surface area contributed by atoms with Crippen LogP contribution in [-0.4, -0.2) is 41.9 Å². The summed E-state index contributed by atoms with van der Waals surface area (Å²) in [5.74, 6) is -0.105. The van der Waals surface area contributed by atoms with Crippen molar-refractivity contribution in [1.29, 1.82) is 0 Å². The van der Waals surface area contributed by atoms with Crippen LogP contribution in [0.3, 0.4) is 0 Å². The third-order valence-corrected chi connectivity index (χ3v) is 3.56. The lowest BCUT2D eigenvalue weighted by molar-refractivity contribution is 0.0696. The number of carboxylic acids is 1. The number of rotatable bonds is 6. The molecular weight excluding hydrogens is 316 g/mol. The Labute approximate surface area is 137 Å². The van der Waals surface area contributed by atoms with E-state index in [2.05, 4.69) is 10.5 Å². The number of aromatic nitrogens is 1. The number of carbonyl (C=O) groups is 2. The summed E-state index contributed by atoms with van der Waals surface area (Å²) in [6, 6.07) is 6.04. The first-order valence-electron chi connectivity index (χ1n) is 7.44. The van der Waals surface area contributed by atoms with E-state index in [1.807, 2.05) is 0 Å². The predicted molar refractivity (Wildman–Crippen MR) is 81.1 cm³/mol. The number of carboxylic acid groups (broad SMARTS) is 1. The highest BCUT2D eigenvalue weighted by Gasteiger charge is 2.24. The molecule has 0 fully saturated rings. The molecule has 1 aliphatic heterocycles. The smallest absolute Gasteiger partial charge is 0.335 e. The van der Waals surface area contributed by atoms with Crippen molar-refractivity contribution in [1.82, 2.24) is 10.5 Å². The normalized spacial score (nSPS) is 13.2. The van der Waals surface area contributed by atoms with Gasteiger partial charge in [-0.25, -0.2) is 4.79 Å². The Morgan fingerprint density at radius 2 is 2.08 bits per heavy atom. The summed E-state index contributed by atoms with van der Waals surface area (Å²) >= 11 is 0. The molecule has 2 N–H and O–H groups in total. The average Bonchev–Trinajstić information content (AvgIpc) is 3.03. The number of hydrogen-bond acceptors (Lipinski definition) is 6. The first-order valence-corrected chi connectivity index (χ1v) is 7.44. The van der Waals surface area contributed by atoms with E-state index in [0.29, 0.717) is 36.7 Å². The molecule has 0 spiro atoms. The zero-order valence-electron chi connectivity index (χ0n) is 12.8. The SMILES string of the molecule is O=C(O)c1ccc(OCCNC(=O)c2noc3c2COCC3)cc1. The van der Waals surface area contributed by atoms with Crippen molar-refractivity contribution >= 4 is 11.9 Å². The Morgan fingerprint density at radius 3 is 2.83 bits per heavy atom. The van der Waals surface area contributed by atoms with Gasteiger partial charge >= 0.3 is 5.97 Å². The third kappa shape index (κ3) is 3.54. The van der Waals surface area contributed by atoms with Gasteiger partial charge < -0.3 is 24.4 Å². The number of carbonyl (C=O) groups excluding carboxylic acids is 1. The zero-order valence-corrected chi connectivity index (χ0v) is 12.8. The van der Waals surface area contributed by atoms with Crippen LogP contribution in [0.15, 0.2) is 28.8 Å². The average molecular weight is 332 g/mol. The number of benzene rings is 1. The standard InChI is InChI=1S/C16H16N2O6/c19-15(14-12-9-22-7-5-13(12)24-18-14)17-6-8-23-11-3-1-10(2-4-11)16(20)21/h1-4H,5-9H2,(H,17,19)(H,20,21). The van der Waals surface area contributed by atoms with Crippen molar-refractivity contribution in [3.63, 3.8) is 0 Å². The van der Waals surface area contributed by atoms with Gasteiger partial charge in [-0.2, -0.15) is 0 Å². The molecule has 2 heterocycles. The van der Waals surface area contributed by atoms with Crippen LogP contribution in [0.2, 0.25) is 0 Å². The molecule has 0 unspecified atom stereocenters. The highest BCUT2D eigenvalue weighted by molar-refractivity contribution is 5.93. The minimum atomic E-state index is -0.992. The Morgan fingerprint density at radius 1 is 1.29 bits per heavy atom. The van der Waals surface area contributed by atoms with Crippen molar-refractivity contribution in [3.8, 4) is 5.75 Å². The van der Waals surface area contributed by atoms with E-state index in [1.165, 1.54) is 12.1 Å². The molecule has 126 valence electrons. The van der Waals surface area contributed by atoms with E-state index in [9.17, 15) is 9.59 Å². The molecule has 1 aromatic carbocycles. The second kappa shape index (κ2) is 7.14. The summed E-state index contributed by atoms with van der Waals surface area (Å²) < 4.78 is 15.9. The van der Waals surface area contributed by atoms with Crippen LogP contribution in [0.25, 0.3) is 0 Å². The fourth-order valence-electron chi connectivity index (χ4n) is 2.32. The molecule has 0 radical (unpaired) electrons. The summed E-state index contributed by atoms with van der Waals surface area (Å²) in [4.78, 5) is 22.9. The van der Waals surface area contributed by atoms with Crippen molar-refractivity contribution in [3.05, 3.63) is 46.8 Å². The van der Waals surface area contributed by atoms with Gasteiger partial charge in [0.25, 0.3) is 5.91 Å². The van der Waals surface area contributed by atoms with E-state index in [1.54, 1.807) is 12.1 Å². The van der Waals surface area contributed by atoms with E-state index >= 15 is 0 Å². The lowest BCUT2D eigenvalue weighted by atomic mass is 10.1. The topological polar surface area (TPSA) is 111 Å². The summed E-state index contributed by atoms with van der Waals surface area (Å²) in [5.41, 5.74) is 1.13. The van der Waals surface area contributed by atoms with Gasteiger partial charge in [0.1, 0.15) is 18.1 Å². The third-order valence-electron chi connectivity index (χ3n) is 3.56. The fourth-order valence-corrected chi connectivity index (χ4v) is 2.32. The van der Waals surface area contributed by atoms with Crippen LogP contribution in [0.4, 0.5) is 0 Å². The number of aromatic carboxylic acids is 1. The van der Waals surface area contributed by atoms with Gasteiger partial charge in [-0.3, -0.25) is 4.79 Å². The van der Waals surface area contributed by atoms with Crippen LogP contribution in [0.1, 0.15) is 32.2 Å². The van der Waals surface area contributed by atoms with Crippen molar-refractivity contribution in [2.24, 2.45) is 0 Å². The van der Waals surface area contributed by atoms with Crippen LogP contribution in [0.5, 0.6) is 5.75 Å². The van der Waals surface area contributed by atoms with Gasteiger partial charge in [-0.1, -0.05) is 5.16 Å². The molecule has 0 atom stereocenters. The summed E-state index contributed by atoms with van der Waals surface area (Å²) in [7, 11) is 0. The number of amides is 1. The molecule has 0 saturated heterocycles. The van der Waals surface area contributed by atoms with Crippen LogP contribution < -0.4 is 10.1 Å². The minimum absolute atomic E-state index is 0.189. The molecule has 2 aromatic rings. The van der Waals surface area contributed by atoms with Gasteiger partial charge in [-0.15, -0.1) is 0 Å². The van der Waals surface area contributed by atoms with E-state index < -0.39 is 5.97 Å². The van der Waals surface area contributed by atoms with Gasteiger partial charge in [0.05, 0.1) is 30.9 Å². The first kappa shape index (κ1) is 16.0. The van der Waals surface area contributed by atoms with Crippen molar-refractivity contribution in [2.45, 2.75) is 13.0 Å². The molecule has 0 saturated carbocycles.